The second-order valence-corrected chi connectivity index (χ2v) is 5.53. The maximum absolute atomic E-state index is 13.7. The zero-order valence-corrected chi connectivity index (χ0v) is 13.5. The maximum Gasteiger partial charge on any atom is 0.229 e. The number of hydrogen-bond donors (Lipinski definition) is 2. The number of nitrogens with one attached hydrogen (secondary N) is 2. The van der Waals surface area contributed by atoms with E-state index in [1.54, 1.807) is 18.2 Å². The predicted octanol–water partition coefficient (Wildman–Crippen LogP) is 4.90. The molecule has 3 aromatic rings. The molecule has 0 radical (unpaired) electrons. The minimum Gasteiger partial charge on any atom is -0.366 e. The van der Waals surface area contributed by atoms with Gasteiger partial charge in [0.15, 0.2) is 17.5 Å². The fraction of sp³-hybridized carbons (Fsp3) is 0.0588. The quantitative estimate of drug-likeness (QED) is 0.632. The van der Waals surface area contributed by atoms with Crippen LogP contribution in [0, 0.1) is 17.5 Å². The summed E-state index contributed by atoms with van der Waals surface area (Å²) in [7, 11) is 0. The first-order valence-electron chi connectivity index (χ1n) is 7.25. The summed E-state index contributed by atoms with van der Waals surface area (Å²) in [6.07, 6.45) is 1.46. The van der Waals surface area contributed by atoms with Crippen LogP contribution in [-0.4, -0.2) is 9.97 Å². The fourth-order valence-electron chi connectivity index (χ4n) is 2.06. The first-order chi connectivity index (χ1) is 12.0. The van der Waals surface area contributed by atoms with Crippen molar-refractivity contribution in [2.24, 2.45) is 0 Å². The minimum absolute atomic E-state index is 0.0472. The Hall–Kier alpha value is -2.80. The van der Waals surface area contributed by atoms with E-state index >= 15 is 0 Å². The Labute approximate surface area is 146 Å². The van der Waals surface area contributed by atoms with Crippen molar-refractivity contribution in [3.63, 3.8) is 0 Å². The highest BCUT2D eigenvalue weighted by Crippen LogP contribution is 2.22. The van der Waals surface area contributed by atoms with Crippen molar-refractivity contribution < 1.29 is 13.2 Å². The van der Waals surface area contributed by atoms with Gasteiger partial charge in [0, 0.05) is 17.8 Å². The zero-order valence-electron chi connectivity index (χ0n) is 12.7. The molecule has 0 saturated carbocycles. The molecule has 128 valence electrons. The van der Waals surface area contributed by atoms with Gasteiger partial charge >= 0.3 is 0 Å². The summed E-state index contributed by atoms with van der Waals surface area (Å²) >= 11 is 5.83. The lowest BCUT2D eigenvalue weighted by atomic mass is 10.2. The Bertz CT molecular complexity index is 888. The molecule has 4 nitrogen and oxygen atoms in total. The number of halogens is 4. The predicted molar refractivity (Wildman–Crippen MR) is 90.4 cm³/mol. The van der Waals surface area contributed by atoms with E-state index in [1.807, 2.05) is 12.1 Å². The minimum atomic E-state index is -1.55. The second kappa shape index (κ2) is 7.40. The van der Waals surface area contributed by atoms with Crippen molar-refractivity contribution in [2.75, 3.05) is 10.6 Å². The van der Waals surface area contributed by atoms with Gasteiger partial charge in [0.2, 0.25) is 5.95 Å². The Morgan fingerprint density at radius 3 is 2.44 bits per heavy atom. The normalized spacial score (nSPS) is 10.6. The maximum atomic E-state index is 13.7. The van der Waals surface area contributed by atoms with Crippen LogP contribution in [0.2, 0.25) is 5.02 Å². The summed E-state index contributed by atoms with van der Waals surface area (Å²) in [6, 6.07) is 10.8. The van der Waals surface area contributed by atoms with Crippen molar-refractivity contribution >= 4 is 29.1 Å². The lowest BCUT2D eigenvalue weighted by Crippen LogP contribution is -2.05. The molecule has 0 aliphatic carbocycles. The van der Waals surface area contributed by atoms with Crippen LogP contribution >= 0.6 is 11.6 Å². The lowest BCUT2D eigenvalue weighted by Gasteiger charge is -2.09. The number of aromatic nitrogens is 2. The molecule has 0 unspecified atom stereocenters. The number of anilines is 3. The number of hydrogen-bond acceptors (Lipinski definition) is 4. The van der Waals surface area contributed by atoms with Crippen LogP contribution in [0.3, 0.4) is 0 Å². The molecule has 0 aliphatic heterocycles. The van der Waals surface area contributed by atoms with Crippen molar-refractivity contribution in [1.29, 1.82) is 0 Å². The van der Waals surface area contributed by atoms with Crippen molar-refractivity contribution in [1.82, 2.24) is 9.97 Å². The molecule has 1 aromatic heterocycles. The van der Waals surface area contributed by atoms with Gasteiger partial charge in [-0.25, -0.2) is 18.2 Å². The molecule has 0 amide bonds. The van der Waals surface area contributed by atoms with Crippen LogP contribution in [0.1, 0.15) is 5.56 Å². The standard InChI is InChI=1S/C17H12ClF3N4/c18-11-3-1-10(2-4-11)9-23-14-7-8-22-17(25-14)24-13-6-5-12(19)15(20)16(13)21/h1-8H,9H2,(H2,22,23,24,25). The first-order valence-corrected chi connectivity index (χ1v) is 7.62. The third-order valence-corrected chi connectivity index (χ3v) is 3.58. The van der Waals surface area contributed by atoms with E-state index < -0.39 is 17.5 Å². The third kappa shape index (κ3) is 4.19. The van der Waals surface area contributed by atoms with E-state index in [4.69, 9.17) is 11.6 Å². The molecule has 0 saturated heterocycles. The van der Waals surface area contributed by atoms with Crippen LogP contribution in [0.15, 0.2) is 48.7 Å². The van der Waals surface area contributed by atoms with Gasteiger partial charge < -0.3 is 10.6 Å². The number of nitrogens with zero attached hydrogens (tertiary/aromatic N) is 2. The molecule has 2 N–H and O–H groups in total. The molecule has 0 fully saturated rings. The average molecular weight is 365 g/mol. The zero-order chi connectivity index (χ0) is 17.8. The van der Waals surface area contributed by atoms with E-state index in [2.05, 4.69) is 20.6 Å². The molecule has 0 atom stereocenters. The van der Waals surface area contributed by atoms with Crippen LogP contribution in [0.25, 0.3) is 0 Å². The fourth-order valence-corrected chi connectivity index (χ4v) is 2.18. The van der Waals surface area contributed by atoms with Crippen molar-refractivity contribution in [3.8, 4) is 0 Å². The number of rotatable bonds is 5. The van der Waals surface area contributed by atoms with Crippen LogP contribution in [0.5, 0.6) is 0 Å². The highest BCUT2D eigenvalue weighted by molar-refractivity contribution is 6.30. The highest BCUT2D eigenvalue weighted by Gasteiger charge is 2.14. The molecule has 0 bridgehead atoms. The summed E-state index contributed by atoms with van der Waals surface area (Å²) < 4.78 is 39.9. The topological polar surface area (TPSA) is 49.8 Å². The summed E-state index contributed by atoms with van der Waals surface area (Å²) in [6.45, 7) is 0.493. The monoisotopic (exact) mass is 364 g/mol. The summed E-state index contributed by atoms with van der Waals surface area (Å²) in [5.41, 5.74) is 0.734. The second-order valence-electron chi connectivity index (χ2n) is 5.09. The van der Waals surface area contributed by atoms with Gasteiger partial charge in [-0.2, -0.15) is 4.98 Å². The molecule has 1 heterocycles. The molecular formula is C17H12ClF3N4. The van der Waals surface area contributed by atoms with Crippen LogP contribution in [0.4, 0.5) is 30.6 Å². The van der Waals surface area contributed by atoms with E-state index in [9.17, 15) is 13.2 Å². The Morgan fingerprint density at radius 2 is 1.68 bits per heavy atom. The van der Waals surface area contributed by atoms with Gasteiger partial charge in [-0.05, 0) is 35.9 Å². The number of benzene rings is 2. The van der Waals surface area contributed by atoms with Gasteiger partial charge in [-0.1, -0.05) is 23.7 Å². The van der Waals surface area contributed by atoms with Crippen molar-refractivity contribution in [3.05, 3.63) is 76.7 Å². The van der Waals surface area contributed by atoms with E-state index in [0.29, 0.717) is 17.4 Å². The van der Waals surface area contributed by atoms with Gasteiger partial charge in [-0.15, -0.1) is 0 Å². The smallest absolute Gasteiger partial charge is 0.229 e. The van der Waals surface area contributed by atoms with Crippen molar-refractivity contribution in [2.45, 2.75) is 6.54 Å². The molecule has 0 spiro atoms. The van der Waals surface area contributed by atoms with Gasteiger partial charge in [0.1, 0.15) is 5.82 Å². The van der Waals surface area contributed by atoms with E-state index in [0.717, 1.165) is 17.7 Å². The van der Waals surface area contributed by atoms with E-state index in [1.165, 1.54) is 6.20 Å². The van der Waals surface area contributed by atoms with E-state index in [-0.39, 0.29) is 11.6 Å². The third-order valence-electron chi connectivity index (χ3n) is 3.32. The highest BCUT2D eigenvalue weighted by atomic mass is 35.5. The molecular weight excluding hydrogens is 353 g/mol. The Kier molecular flexibility index (Phi) is 5.04. The Balaban J connectivity index is 1.71. The molecule has 8 heteroatoms. The molecule has 0 aliphatic rings. The SMILES string of the molecule is Fc1ccc(Nc2nccc(NCc3ccc(Cl)cc3)n2)c(F)c1F. The largest absolute Gasteiger partial charge is 0.366 e. The average Bonchev–Trinajstić information content (AvgIpc) is 2.62. The summed E-state index contributed by atoms with van der Waals surface area (Å²) in [5.74, 6) is -3.62. The first kappa shape index (κ1) is 17.0. The molecule has 3 rings (SSSR count). The lowest BCUT2D eigenvalue weighted by molar-refractivity contribution is 0.449. The molecule has 25 heavy (non-hydrogen) atoms. The van der Waals surface area contributed by atoms with Gasteiger partial charge in [0.25, 0.3) is 0 Å². The summed E-state index contributed by atoms with van der Waals surface area (Å²) in [5, 5.41) is 6.25. The van der Waals surface area contributed by atoms with Gasteiger partial charge in [0.05, 0.1) is 5.69 Å². The van der Waals surface area contributed by atoms with Gasteiger partial charge in [-0.3, -0.25) is 0 Å². The molecule has 2 aromatic carbocycles. The summed E-state index contributed by atoms with van der Waals surface area (Å²) in [4.78, 5) is 8.08. The Morgan fingerprint density at radius 1 is 0.920 bits per heavy atom. The van der Waals surface area contributed by atoms with Crippen LogP contribution < -0.4 is 10.6 Å². The van der Waals surface area contributed by atoms with Crippen LogP contribution in [-0.2, 0) is 6.54 Å².